The van der Waals surface area contributed by atoms with Crippen molar-refractivity contribution < 1.29 is 9.53 Å². The fourth-order valence-corrected chi connectivity index (χ4v) is 3.04. The summed E-state index contributed by atoms with van der Waals surface area (Å²) in [5.74, 6) is 1.71. The van der Waals surface area contributed by atoms with Crippen LogP contribution in [-0.4, -0.2) is 54.7 Å². The first-order valence-corrected chi connectivity index (χ1v) is 9.03. The van der Waals surface area contributed by atoms with Gasteiger partial charge in [-0.25, -0.2) is 4.98 Å². The Morgan fingerprint density at radius 1 is 1.33 bits per heavy atom. The minimum Gasteiger partial charge on any atom is -0.369 e. The van der Waals surface area contributed by atoms with E-state index in [-0.39, 0.29) is 18.1 Å². The third-order valence-corrected chi connectivity index (χ3v) is 4.74. The van der Waals surface area contributed by atoms with Crippen LogP contribution in [0, 0.1) is 5.92 Å². The quantitative estimate of drug-likeness (QED) is 0.769. The Labute approximate surface area is 146 Å². The average Bonchev–Trinajstić information content (AvgIpc) is 2.61. The van der Waals surface area contributed by atoms with Crippen LogP contribution in [0.4, 0.5) is 5.82 Å². The molecule has 24 heavy (non-hydrogen) atoms. The van der Waals surface area contributed by atoms with Crippen molar-refractivity contribution >= 4 is 11.7 Å². The third kappa shape index (κ3) is 5.20. The highest BCUT2D eigenvalue weighted by molar-refractivity contribution is 5.80. The van der Waals surface area contributed by atoms with Gasteiger partial charge >= 0.3 is 0 Å². The van der Waals surface area contributed by atoms with E-state index < -0.39 is 0 Å². The zero-order valence-corrected chi connectivity index (χ0v) is 15.4. The minimum atomic E-state index is -0.359. The number of likely N-dealkylation sites (N-methyl/N-ethyl adjacent to an activating group) is 1. The Kier molecular flexibility index (Phi) is 7.03. The van der Waals surface area contributed by atoms with E-state index in [1.165, 1.54) is 0 Å². The van der Waals surface area contributed by atoms with Gasteiger partial charge in [0.15, 0.2) is 0 Å². The second-order valence-electron chi connectivity index (χ2n) is 7.05. The molecule has 1 atom stereocenters. The van der Waals surface area contributed by atoms with Crippen LogP contribution in [0.5, 0.6) is 0 Å². The molecule has 1 fully saturated rings. The number of aromatic nitrogens is 1. The van der Waals surface area contributed by atoms with Gasteiger partial charge in [0.05, 0.1) is 0 Å². The summed E-state index contributed by atoms with van der Waals surface area (Å²) in [7, 11) is 1.91. The van der Waals surface area contributed by atoms with Crippen molar-refractivity contribution in [2.75, 3.05) is 31.6 Å². The molecule has 1 aliphatic rings. The lowest BCUT2D eigenvalue weighted by molar-refractivity contribution is -0.144. The monoisotopic (exact) mass is 333 g/mol. The molecule has 2 heterocycles. The van der Waals surface area contributed by atoms with Gasteiger partial charge < -0.3 is 14.5 Å². The van der Waals surface area contributed by atoms with Gasteiger partial charge in [-0.3, -0.25) is 4.79 Å². The van der Waals surface area contributed by atoms with Crippen molar-refractivity contribution in [3.63, 3.8) is 0 Å². The van der Waals surface area contributed by atoms with Crippen molar-refractivity contribution in [2.24, 2.45) is 5.92 Å². The molecule has 1 aromatic rings. The molecule has 0 radical (unpaired) electrons. The normalized spacial score (nSPS) is 17.1. The Bertz CT molecular complexity index is 499. The molecular weight excluding hydrogens is 302 g/mol. The van der Waals surface area contributed by atoms with Crippen LogP contribution in [0.25, 0.3) is 0 Å². The number of pyridine rings is 1. The Morgan fingerprint density at radius 3 is 2.62 bits per heavy atom. The average molecular weight is 333 g/mol. The molecule has 0 aliphatic carbocycles. The lowest BCUT2D eigenvalue weighted by Gasteiger charge is -2.38. The smallest absolute Gasteiger partial charge is 0.251 e. The maximum atomic E-state index is 12.5. The summed E-state index contributed by atoms with van der Waals surface area (Å²) >= 11 is 0. The zero-order valence-electron chi connectivity index (χ0n) is 15.4. The summed E-state index contributed by atoms with van der Waals surface area (Å²) < 4.78 is 5.71. The van der Waals surface area contributed by atoms with Crippen molar-refractivity contribution in [1.29, 1.82) is 0 Å². The number of ether oxygens (including phenoxy) is 1. The van der Waals surface area contributed by atoms with E-state index in [4.69, 9.17) is 4.74 Å². The Morgan fingerprint density at radius 2 is 2.04 bits per heavy atom. The van der Waals surface area contributed by atoms with Crippen LogP contribution in [-0.2, 0) is 9.53 Å². The van der Waals surface area contributed by atoms with Crippen molar-refractivity contribution in [2.45, 2.75) is 52.2 Å². The number of rotatable bonds is 7. The zero-order chi connectivity index (χ0) is 17.5. The maximum absolute atomic E-state index is 12.5. The Hall–Kier alpha value is -1.62. The lowest BCUT2D eigenvalue weighted by Crippen LogP contribution is -2.48. The van der Waals surface area contributed by atoms with Gasteiger partial charge in [-0.2, -0.15) is 0 Å². The van der Waals surface area contributed by atoms with Crippen molar-refractivity contribution in [3.8, 4) is 0 Å². The Balaban J connectivity index is 1.79. The predicted octanol–water partition coefficient (Wildman–Crippen LogP) is 2.96. The first-order valence-electron chi connectivity index (χ1n) is 9.03. The summed E-state index contributed by atoms with van der Waals surface area (Å²) in [6.45, 7) is 8.71. The highest BCUT2D eigenvalue weighted by Crippen LogP contribution is 2.21. The fourth-order valence-electron chi connectivity index (χ4n) is 3.04. The standard InChI is InChI=1S/C19H31N3O2/c1-15(2)10-14-24-16(3)19(23)21(4)17-8-12-22(13-9-17)18-7-5-6-11-20-18/h5-7,11,15-17H,8-10,12-14H2,1-4H3. The first kappa shape index (κ1) is 18.7. The summed E-state index contributed by atoms with van der Waals surface area (Å²) in [5, 5.41) is 0. The number of anilines is 1. The highest BCUT2D eigenvalue weighted by Gasteiger charge is 2.28. The molecule has 1 saturated heterocycles. The largest absolute Gasteiger partial charge is 0.369 e. The van der Waals surface area contributed by atoms with E-state index in [1.54, 1.807) is 0 Å². The second kappa shape index (κ2) is 9.02. The maximum Gasteiger partial charge on any atom is 0.251 e. The van der Waals surface area contributed by atoms with Gasteiger partial charge in [0.25, 0.3) is 5.91 Å². The molecule has 1 amide bonds. The van der Waals surface area contributed by atoms with E-state index in [1.807, 2.05) is 43.3 Å². The molecule has 0 N–H and O–H groups in total. The summed E-state index contributed by atoms with van der Waals surface area (Å²) in [5.41, 5.74) is 0. The molecule has 1 unspecified atom stereocenters. The summed E-state index contributed by atoms with van der Waals surface area (Å²) in [4.78, 5) is 21.1. The van der Waals surface area contributed by atoms with E-state index >= 15 is 0 Å². The number of piperidine rings is 1. The van der Waals surface area contributed by atoms with E-state index in [0.29, 0.717) is 12.5 Å². The number of hydrogen-bond acceptors (Lipinski definition) is 4. The van der Waals surface area contributed by atoms with Crippen LogP contribution in [0.3, 0.4) is 0 Å². The first-order chi connectivity index (χ1) is 11.5. The van der Waals surface area contributed by atoms with Gasteiger partial charge in [-0.15, -0.1) is 0 Å². The number of hydrogen-bond donors (Lipinski definition) is 0. The van der Waals surface area contributed by atoms with E-state index in [9.17, 15) is 4.79 Å². The molecule has 0 saturated carbocycles. The second-order valence-corrected chi connectivity index (χ2v) is 7.05. The third-order valence-electron chi connectivity index (χ3n) is 4.74. The van der Waals surface area contributed by atoms with Crippen LogP contribution in [0.2, 0.25) is 0 Å². The van der Waals surface area contributed by atoms with Crippen LogP contribution < -0.4 is 4.90 Å². The van der Waals surface area contributed by atoms with Gasteiger partial charge in [-0.1, -0.05) is 19.9 Å². The van der Waals surface area contributed by atoms with Gasteiger partial charge in [-0.05, 0) is 44.2 Å². The van der Waals surface area contributed by atoms with E-state index in [0.717, 1.165) is 38.2 Å². The predicted molar refractivity (Wildman–Crippen MR) is 97.1 cm³/mol. The summed E-state index contributed by atoms with van der Waals surface area (Å²) in [6.07, 6.45) is 4.40. The lowest BCUT2D eigenvalue weighted by atomic mass is 10.0. The molecule has 5 heteroatoms. The summed E-state index contributed by atoms with van der Waals surface area (Å²) in [6, 6.07) is 6.28. The topological polar surface area (TPSA) is 45.7 Å². The minimum absolute atomic E-state index is 0.0926. The van der Waals surface area contributed by atoms with Crippen LogP contribution in [0.15, 0.2) is 24.4 Å². The molecule has 5 nitrogen and oxygen atoms in total. The van der Waals surface area contributed by atoms with Gasteiger partial charge in [0, 0.05) is 39.0 Å². The molecule has 2 rings (SSSR count). The molecule has 0 bridgehead atoms. The molecule has 1 aromatic heterocycles. The van der Waals surface area contributed by atoms with Crippen molar-refractivity contribution in [1.82, 2.24) is 9.88 Å². The number of carbonyl (C=O) groups is 1. The van der Waals surface area contributed by atoms with Crippen molar-refractivity contribution in [3.05, 3.63) is 24.4 Å². The number of nitrogens with zero attached hydrogens (tertiary/aromatic N) is 3. The SMILES string of the molecule is CC(C)CCOC(C)C(=O)N(C)C1CCN(c2ccccn2)CC1. The van der Waals surface area contributed by atoms with Gasteiger partial charge in [0.1, 0.15) is 11.9 Å². The molecule has 1 aliphatic heterocycles. The van der Waals surface area contributed by atoms with Gasteiger partial charge in [0.2, 0.25) is 0 Å². The number of amides is 1. The van der Waals surface area contributed by atoms with Crippen LogP contribution >= 0.6 is 0 Å². The highest BCUT2D eigenvalue weighted by atomic mass is 16.5. The molecule has 0 aromatic carbocycles. The molecule has 134 valence electrons. The molecular formula is C19H31N3O2. The molecule has 0 spiro atoms. The van der Waals surface area contributed by atoms with E-state index in [2.05, 4.69) is 23.7 Å². The number of carbonyl (C=O) groups excluding carboxylic acids is 1. The fraction of sp³-hybridized carbons (Fsp3) is 0.684. The van der Waals surface area contributed by atoms with Crippen LogP contribution in [0.1, 0.15) is 40.0 Å².